The molecular weight excluding hydrogens is 230 g/mol. The Balaban J connectivity index is 2.51. The van der Waals surface area contributed by atoms with Crippen LogP contribution in [0.3, 0.4) is 0 Å². The molecule has 1 aromatic carbocycles. The molecule has 0 radical (unpaired) electrons. The van der Waals surface area contributed by atoms with Crippen LogP contribution in [0.15, 0.2) is 24.3 Å². The van der Waals surface area contributed by atoms with Gasteiger partial charge in [-0.15, -0.1) is 0 Å². The molecule has 0 aliphatic carbocycles. The first-order valence-electron chi connectivity index (χ1n) is 6.32. The van der Waals surface area contributed by atoms with Gasteiger partial charge in [0.05, 0.1) is 12.1 Å². The average molecular weight is 253 g/mol. The number of benzene rings is 1. The molecule has 0 fully saturated rings. The van der Waals surface area contributed by atoms with E-state index in [4.69, 9.17) is 9.84 Å². The van der Waals surface area contributed by atoms with E-state index in [1.165, 1.54) is 0 Å². The Morgan fingerprint density at radius 1 is 1.22 bits per heavy atom. The molecule has 0 heterocycles. The highest BCUT2D eigenvalue weighted by Gasteiger charge is 2.22. The second kappa shape index (κ2) is 7.36. The van der Waals surface area contributed by atoms with E-state index in [1.54, 1.807) is 0 Å². The van der Waals surface area contributed by atoms with E-state index in [1.807, 2.05) is 38.1 Å². The van der Waals surface area contributed by atoms with E-state index in [-0.39, 0.29) is 13.2 Å². The van der Waals surface area contributed by atoms with Crippen molar-refractivity contribution in [3.8, 4) is 5.75 Å². The number of aliphatic hydroxyl groups is 2. The van der Waals surface area contributed by atoms with Crippen LogP contribution in [0.1, 0.15) is 19.4 Å². The SMILES string of the molecule is CCNC(C)(CO)COc1ccc(CCO)cc1. The number of hydrogen-bond acceptors (Lipinski definition) is 4. The first-order chi connectivity index (χ1) is 8.63. The molecule has 0 bridgehead atoms. The number of nitrogens with one attached hydrogen (secondary N) is 1. The first kappa shape index (κ1) is 15.0. The lowest BCUT2D eigenvalue weighted by molar-refractivity contribution is 0.117. The molecule has 1 rings (SSSR count). The van der Waals surface area contributed by atoms with Crippen molar-refractivity contribution < 1.29 is 14.9 Å². The minimum Gasteiger partial charge on any atom is -0.492 e. The van der Waals surface area contributed by atoms with Crippen LogP contribution >= 0.6 is 0 Å². The van der Waals surface area contributed by atoms with Crippen LogP contribution < -0.4 is 10.1 Å². The van der Waals surface area contributed by atoms with Crippen LogP contribution in [0.4, 0.5) is 0 Å². The van der Waals surface area contributed by atoms with Gasteiger partial charge in [-0.05, 0) is 37.6 Å². The molecule has 0 amide bonds. The zero-order chi connectivity index (χ0) is 13.4. The third kappa shape index (κ3) is 4.64. The number of rotatable bonds is 8. The predicted octanol–water partition coefficient (Wildman–Crippen LogP) is 0.961. The molecule has 1 atom stereocenters. The van der Waals surface area contributed by atoms with Crippen molar-refractivity contribution in [3.05, 3.63) is 29.8 Å². The molecule has 0 saturated heterocycles. The van der Waals surface area contributed by atoms with E-state index in [2.05, 4.69) is 5.32 Å². The molecule has 1 unspecified atom stereocenters. The van der Waals surface area contributed by atoms with Crippen molar-refractivity contribution in [2.75, 3.05) is 26.4 Å². The molecule has 18 heavy (non-hydrogen) atoms. The topological polar surface area (TPSA) is 61.7 Å². The second-order valence-corrected chi connectivity index (χ2v) is 4.66. The molecule has 0 aliphatic rings. The van der Waals surface area contributed by atoms with Crippen LogP contribution in [0, 0.1) is 0 Å². The summed E-state index contributed by atoms with van der Waals surface area (Å²) in [6.07, 6.45) is 0.659. The van der Waals surface area contributed by atoms with Gasteiger partial charge in [-0.25, -0.2) is 0 Å². The summed E-state index contributed by atoms with van der Waals surface area (Å²) < 4.78 is 5.66. The van der Waals surface area contributed by atoms with Gasteiger partial charge in [0.2, 0.25) is 0 Å². The standard InChI is InChI=1S/C14H23NO3/c1-3-15-14(2,10-17)11-18-13-6-4-12(5-7-13)8-9-16/h4-7,15-17H,3,8-11H2,1-2H3. The molecule has 102 valence electrons. The Hall–Kier alpha value is -1.10. The van der Waals surface area contributed by atoms with Gasteiger partial charge in [-0.2, -0.15) is 0 Å². The van der Waals surface area contributed by atoms with E-state index in [0.717, 1.165) is 17.9 Å². The Labute approximate surface area is 109 Å². The quantitative estimate of drug-likeness (QED) is 0.646. The lowest BCUT2D eigenvalue weighted by atomic mass is 10.1. The molecule has 1 aromatic rings. The maximum Gasteiger partial charge on any atom is 0.119 e. The van der Waals surface area contributed by atoms with Gasteiger partial charge in [-0.1, -0.05) is 19.1 Å². The minimum absolute atomic E-state index is 0.0312. The Bertz CT molecular complexity index is 339. The zero-order valence-electron chi connectivity index (χ0n) is 11.1. The van der Waals surface area contributed by atoms with Crippen molar-refractivity contribution in [3.63, 3.8) is 0 Å². The zero-order valence-corrected chi connectivity index (χ0v) is 11.1. The summed E-state index contributed by atoms with van der Waals surface area (Å²) in [5.74, 6) is 0.772. The Morgan fingerprint density at radius 2 is 1.89 bits per heavy atom. The highest BCUT2D eigenvalue weighted by atomic mass is 16.5. The van der Waals surface area contributed by atoms with Gasteiger partial charge >= 0.3 is 0 Å². The van der Waals surface area contributed by atoms with Gasteiger partial charge in [-0.3, -0.25) is 0 Å². The van der Waals surface area contributed by atoms with Crippen LogP contribution in [-0.4, -0.2) is 42.1 Å². The Morgan fingerprint density at radius 3 is 2.39 bits per heavy atom. The molecule has 0 aromatic heterocycles. The van der Waals surface area contributed by atoms with Gasteiger partial charge in [0.1, 0.15) is 12.4 Å². The normalized spacial score (nSPS) is 14.2. The smallest absolute Gasteiger partial charge is 0.119 e. The van der Waals surface area contributed by atoms with Crippen molar-refractivity contribution >= 4 is 0 Å². The maximum absolute atomic E-state index is 9.34. The predicted molar refractivity (Wildman–Crippen MR) is 71.9 cm³/mol. The van der Waals surface area contributed by atoms with Crippen LogP contribution in [-0.2, 0) is 6.42 Å². The highest BCUT2D eigenvalue weighted by molar-refractivity contribution is 5.27. The third-order valence-electron chi connectivity index (χ3n) is 2.83. The van der Waals surface area contributed by atoms with Gasteiger partial charge in [0, 0.05) is 6.61 Å². The minimum atomic E-state index is -0.418. The molecule has 0 aliphatic heterocycles. The second-order valence-electron chi connectivity index (χ2n) is 4.66. The number of ether oxygens (including phenoxy) is 1. The monoisotopic (exact) mass is 253 g/mol. The molecule has 4 nitrogen and oxygen atoms in total. The summed E-state index contributed by atoms with van der Waals surface area (Å²) in [5, 5.41) is 21.4. The summed E-state index contributed by atoms with van der Waals surface area (Å²) in [5.41, 5.74) is 0.667. The summed E-state index contributed by atoms with van der Waals surface area (Å²) in [6.45, 7) is 5.31. The summed E-state index contributed by atoms with van der Waals surface area (Å²) >= 11 is 0. The van der Waals surface area contributed by atoms with Gasteiger partial charge in [0.25, 0.3) is 0 Å². The van der Waals surface area contributed by atoms with Gasteiger partial charge < -0.3 is 20.3 Å². The van der Waals surface area contributed by atoms with Crippen LogP contribution in [0.25, 0.3) is 0 Å². The van der Waals surface area contributed by atoms with Crippen LogP contribution in [0.2, 0.25) is 0 Å². The van der Waals surface area contributed by atoms with Crippen molar-refractivity contribution in [2.45, 2.75) is 25.8 Å². The molecule has 0 saturated carbocycles. The summed E-state index contributed by atoms with van der Waals surface area (Å²) in [6, 6.07) is 7.65. The summed E-state index contributed by atoms with van der Waals surface area (Å²) in [4.78, 5) is 0. The van der Waals surface area contributed by atoms with Crippen molar-refractivity contribution in [2.24, 2.45) is 0 Å². The lowest BCUT2D eigenvalue weighted by Gasteiger charge is -2.28. The molecule has 3 N–H and O–H groups in total. The van der Waals surface area contributed by atoms with Gasteiger partial charge in [0.15, 0.2) is 0 Å². The van der Waals surface area contributed by atoms with Crippen molar-refractivity contribution in [1.82, 2.24) is 5.32 Å². The average Bonchev–Trinajstić information content (AvgIpc) is 2.39. The Kier molecular flexibility index (Phi) is 6.12. The number of hydrogen-bond donors (Lipinski definition) is 3. The van der Waals surface area contributed by atoms with E-state index in [0.29, 0.717) is 13.0 Å². The lowest BCUT2D eigenvalue weighted by Crippen LogP contribution is -2.50. The number of aliphatic hydroxyl groups excluding tert-OH is 2. The van der Waals surface area contributed by atoms with E-state index >= 15 is 0 Å². The van der Waals surface area contributed by atoms with E-state index < -0.39 is 5.54 Å². The highest BCUT2D eigenvalue weighted by Crippen LogP contribution is 2.14. The molecule has 4 heteroatoms. The fourth-order valence-corrected chi connectivity index (χ4v) is 1.70. The molecular formula is C14H23NO3. The largest absolute Gasteiger partial charge is 0.492 e. The first-order valence-corrected chi connectivity index (χ1v) is 6.32. The third-order valence-corrected chi connectivity index (χ3v) is 2.83. The fraction of sp³-hybridized carbons (Fsp3) is 0.571. The fourth-order valence-electron chi connectivity index (χ4n) is 1.70. The van der Waals surface area contributed by atoms with Crippen LogP contribution in [0.5, 0.6) is 5.75 Å². The van der Waals surface area contributed by atoms with Crippen molar-refractivity contribution in [1.29, 1.82) is 0 Å². The maximum atomic E-state index is 9.34. The number of likely N-dealkylation sites (N-methyl/N-ethyl adjacent to an activating group) is 1. The summed E-state index contributed by atoms with van der Waals surface area (Å²) in [7, 11) is 0. The van der Waals surface area contributed by atoms with E-state index in [9.17, 15) is 5.11 Å². The molecule has 0 spiro atoms.